The molecule has 0 fully saturated rings. The van der Waals surface area contributed by atoms with E-state index in [0.29, 0.717) is 30.3 Å². The van der Waals surface area contributed by atoms with Gasteiger partial charge in [0.2, 0.25) is 7.41 Å². The largest absolute Gasteiger partial charge is 0.461 e. The summed E-state index contributed by atoms with van der Waals surface area (Å²) in [6.45, 7) is 22.1. The van der Waals surface area contributed by atoms with Gasteiger partial charge in [-0.3, -0.25) is 0 Å². The Kier molecular flexibility index (Phi) is 9.20. The summed E-state index contributed by atoms with van der Waals surface area (Å²) in [5.41, 5.74) is 9.94. The third-order valence-electron chi connectivity index (χ3n) is 8.22. The van der Waals surface area contributed by atoms with Crippen molar-refractivity contribution in [2.24, 2.45) is 0 Å². The maximum atomic E-state index is 12.6. The number of benzene rings is 2. The Morgan fingerprint density at radius 2 is 1.39 bits per heavy atom. The molecule has 0 N–H and O–H groups in total. The minimum atomic E-state index is -1.12. The Morgan fingerprint density at radius 3 is 1.88 bits per heavy atom. The van der Waals surface area contributed by atoms with Gasteiger partial charge in [0.25, 0.3) is 0 Å². The molecule has 7 nitrogen and oxygen atoms in total. The third kappa shape index (κ3) is 5.88. The van der Waals surface area contributed by atoms with E-state index in [9.17, 15) is 4.79 Å². The molecule has 2 aromatic carbocycles. The number of hydrogen-bond donors (Lipinski definition) is 0. The molecule has 4 rings (SSSR count). The van der Waals surface area contributed by atoms with Crippen LogP contribution in [0, 0.1) is 6.92 Å². The molecule has 0 amide bonds. The summed E-state index contributed by atoms with van der Waals surface area (Å²) >= 11 is 0. The fourth-order valence-corrected chi connectivity index (χ4v) is 5.93. The topological polar surface area (TPSA) is 65.8 Å². The first-order chi connectivity index (χ1) is 19.5. The lowest BCUT2D eigenvalue weighted by Crippen LogP contribution is -2.54. The Labute approximate surface area is 245 Å². The van der Waals surface area contributed by atoms with Crippen LogP contribution >= 0.6 is 0 Å². The van der Waals surface area contributed by atoms with E-state index >= 15 is 0 Å². The van der Waals surface area contributed by atoms with Crippen LogP contribution in [0.15, 0.2) is 48.8 Å². The molecule has 0 spiro atoms. The van der Waals surface area contributed by atoms with E-state index in [1.807, 2.05) is 11.5 Å². The summed E-state index contributed by atoms with van der Waals surface area (Å²) in [5, 5.41) is 8.74. The predicted octanol–water partition coefficient (Wildman–Crippen LogP) is 5.58. The van der Waals surface area contributed by atoms with Crippen LogP contribution in [-0.4, -0.2) is 39.5 Å². The van der Waals surface area contributed by atoms with Crippen molar-refractivity contribution in [2.45, 2.75) is 92.9 Å². The van der Waals surface area contributed by atoms with Crippen molar-refractivity contribution in [3.8, 4) is 11.4 Å². The van der Waals surface area contributed by atoms with Crippen LogP contribution in [0.3, 0.4) is 0 Å². The molecule has 0 aliphatic rings. The number of carbonyl (C=O) groups is 1. The number of rotatable bonds is 10. The Bertz CT molecular complexity index is 1400. The fourth-order valence-electron chi connectivity index (χ4n) is 5.93. The Hall–Kier alpha value is -3.68. The second-order valence-electron chi connectivity index (χ2n) is 12.4. The zero-order valence-corrected chi connectivity index (χ0v) is 26.7. The molecule has 41 heavy (non-hydrogen) atoms. The molecule has 0 saturated carbocycles. The van der Waals surface area contributed by atoms with Crippen LogP contribution in [0.5, 0.6) is 0 Å². The van der Waals surface area contributed by atoms with Gasteiger partial charge in [0.15, 0.2) is 5.69 Å². The van der Waals surface area contributed by atoms with Crippen LogP contribution in [0.1, 0.15) is 124 Å². The molecular formula is C33H46BN5O2. The fraction of sp³-hybridized carbons (Fsp3) is 0.455. The second kappa shape index (κ2) is 12.5. The first kappa shape index (κ1) is 30.3. The van der Waals surface area contributed by atoms with E-state index in [4.69, 9.17) is 4.74 Å². The Morgan fingerprint density at radius 1 is 0.878 bits per heavy atom. The van der Waals surface area contributed by atoms with Crippen molar-refractivity contribution in [3.63, 3.8) is 0 Å². The lowest BCUT2D eigenvalue weighted by Gasteiger charge is -2.22. The smallest absolute Gasteiger partial charge is 0.360 e. The second-order valence-corrected chi connectivity index (χ2v) is 12.4. The quantitative estimate of drug-likeness (QED) is 0.146. The van der Waals surface area contributed by atoms with Crippen LogP contribution in [0.4, 0.5) is 0 Å². The van der Waals surface area contributed by atoms with Crippen molar-refractivity contribution in [2.75, 3.05) is 6.61 Å². The normalized spacial score (nSPS) is 11.9. The Balaban J connectivity index is 2.06. The van der Waals surface area contributed by atoms with Crippen molar-refractivity contribution in [1.82, 2.24) is 19.5 Å². The SMILES string of the molecule is CCOC(=O)c1nnn([BH2-]c2n(-c3c(C(C)C)cccc3C(C)C)cc[n+]2-c2c(C(C)C)cccc2C(C)C)c1C. The van der Waals surface area contributed by atoms with Gasteiger partial charge in [0.05, 0.1) is 6.61 Å². The van der Waals surface area contributed by atoms with E-state index in [-0.39, 0.29) is 5.69 Å². The lowest BCUT2D eigenvalue weighted by atomic mass is 9.87. The van der Waals surface area contributed by atoms with E-state index in [2.05, 4.69) is 124 Å². The van der Waals surface area contributed by atoms with Gasteiger partial charge in [0.1, 0.15) is 29.5 Å². The van der Waals surface area contributed by atoms with Crippen molar-refractivity contribution >= 4 is 19.1 Å². The molecule has 4 aromatic rings. The van der Waals surface area contributed by atoms with Gasteiger partial charge >= 0.3 is 5.97 Å². The number of imidazole rings is 1. The number of para-hydroxylation sites is 2. The van der Waals surface area contributed by atoms with Crippen molar-refractivity contribution in [3.05, 3.63) is 82.4 Å². The van der Waals surface area contributed by atoms with Gasteiger partial charge in [-0.05, 0) is 37.5 Å². The van der Waals surface area contributed by atoms with Crippen molar-refractivity contribution < 1.29 is 14.1 Å². The van der Waals surface area contributed by atoms with E-state index in [0.717, 1.165) is 5.69 Å². The van der Waals surface area contributed by atoms with Gasteiger partial charge in [-0.1, -0.05) is 91.8 Å². The average Bonchev–Trinajstić information content (AvgIpc) is 3.50. The average molecular weight is 556 g/mol. The minimum Gasteiger partial charge on any atom is -0.461 e. The van der Waals surface area contributed by atoms with Gasteiger partial charge in [-0.15, -0.1) is 10.3 Å². The molecule has 0 radical (unpaired) electrons. The highest BCUT2D eigenvalue weighted by atomic mass is 16.5. The number of hydrogen-bond acceptors (Lipinski definition) is 4. The summed E-state index contributed by atoms with van der Waals surface area (Å²) in [6.07, 6.45) is 4.43. The highest BCUT2D eigenvalue weighted by Gasteiger charge is 2.28. The first-order valence-electron chi connectivity index (χ1n) is 15.2. The zero-order valence-electron chi connectivity index (χ0n) is 26.7. The van der Waals surface area contributed by atoms with Crippen molar-refractivity contribution in [1.29, 1.82) is 0 Å². The molecule has 2 heterocycles. The molecule has 0 bridgehead atoms. The molecule has 0 aliphatic heterocycles. The number of esters is 1. The van der Waals surface area contributed by atoms with E-state index < -0.39 is 13.4 Å². The van der Waals surface area contributed by atoms with Gasteiger partial charge in [0, 0.05) is 27.9 Å². The van der Waals surface area contributed by atoms with Gasteiger partial charge in [-0.2, -0.15) is 0 Å². The summed E-state index contributed by atoms with van der Waals surface area (Å²) in [4.78, 5) is 12.6. The zero-order chi connectivity index (χ0) is 30.0. The minimum absolute atomic E-state index is 0.288. The molecule has 218 valence electrons. The maximum absolute atomic E-state index is 12.6. The number of ether oxygens (including phenoxy) is 1. The first-order valence-corrected chi connectivity index (χ1v) is 15.2. The monoisotopic (exact) mass is 555 g/mol. The van der Waals surface area contributed by atoms with Crippen LogP contribution < -0.4 is 10.3 Å². The van der Waals surface area contributed by atoms with Gasteiger partial charge in [-0.25, -0.2) is 13.9 Å². The number of carbonyl (C=O) groups excluding carboxylic acids is 1. The summed E-state index contributed by atoms with van der Waals surface area (Å²) < 4.78 is 12.0. The van der Waals surface area contributed by atoms with Crippen LogP contribution in [0.25, 0.3) is 11.4 Å². The molecule has 0 aliphatic carbocycles. The summed E-state index contributed by atoms with van der Waals surface area (Å²) in [6, 6.07) is 13.4. The molecule has 8 heteroatoms. The third-order valence-corrected chi connectivity index (χ3v) is 8.22. The lowest BCUT2D eigenvalue weighted by molar-refractivity contribution is -0.577. The number of aromatic nitrogens is 5. The maximum Gasteiger partial charge on any atom is 0.360 e. The molecule has 2 aromatic heterocycles. The number of nitrogens with zero attached hydrogens (tertiary/aromatic N) is 5. The standard InChI is InChI=1S/C33H46BN5O2/c1-11-41-32(40)29-24(10)39(36-35-29)34-33-37(30-25(20(2)3)14-12-15-26(30)21(4)5)18-19-38(33)31-27(22(6)7)16-13-17-28(31)23(8)9/h12-23H,11,34H2,1-10H3. The van der Waals surface area contributed by atoms with Gasteiger partial charge < -0.3 is 9.33 Å². The molecule has 0 saturated heterocycles. The van der Waals surface area contributed by atoms with Crippen LogP contribution in [-0.2, 0) is 4.74 Å². The van der Waals surface area contributed by atoms with E-state index in [1.165, 1.54) is 39.4 Å². The van der Waals surface area contributed by atoms with E-state index in [1.54, 1.807) is 6.92 Å². The molecule has 0 atom stereocenters. The predicted molar refractivity (Wildman–Crippen MR) is 168 cm³/mol. The van der Waals surface area contributed by atoms with Crippen LogP contribution in [0.2, 0.25) is 0 Å². The summed E-state index contributed by atoms with van der Waals surface area (Å²) in [5.74, 6) is 0.982. The molecular weight excluding hydrogens is 509 g/mol. The molecule has 0 unspecified atom stereocenters. The highest BCUT2D eigenvalue weighted by molar-refractivity contribution is 6.49. The summed E-state index contributed by atoms with van der Waals surface area (Å²) in [7, 11) is -1.12. The highest BCUT2D eigenvalue weighted by Crippen LogP contribution is 2.31.